The highest BCUT2D eigenvalue weighted by Crippen LogP contribution is 2.41. The number of aldehydes is 1. The molecule has 0 aliphatic carbocycles. The Hall–Kier alpha value is -15.1. The van der Waals surface area contributed by atoms with Crippen LogP contribution in [0.3, 0.4) is 0 Å². The first kappa shape index (κ1) is 93.5. The molecule has 0 radical (unpaired) electrons. The molecule has 0 spiro atoms. The number of rotatable bonds is 31. The highest BCUT2D eigenvalue weighted by Gasteiger charge is 2.20. The largest absolute Gasteiger partial charge is 0.477 e. The molecule has 3 N–H and O–H groups in total. The first-order valence-corrected chi connectivity index (χ1v) is 44.6. The van der Waals surface area contributed by atoms with Gasteiger partial charge in [-0.15, -0.1) is 22.7 Å². The molecule has 20 heteroatoms. The summed E-state index contributed by atoms with van der Waals surface area (Å²) < 4.78 is 23.0. The molecular formula is C111H103N7O11S2. The predicted molar refractivity (Wildman–Crippen MR) is 546 cm³/mol. The monoisotopic (exact) mass is 1770 g/mol. The molecule has 16 aromatic rings. The Kier molecular flexibility index (Phi) is 30.8. The van der Waals surface area contributed by atoms with Crippen molar-refractivity contribution in [2.24, 2.45) is 0 Å². The molecule has 2 atom stereocenters. The summed E-state index contributed by atoms with van der Waals surface area (Å²) in [6.07, 6.45) is 18.9. The molecule has 16 rings (SSSR count). The van der Waals surface area contributed by atoms with Crippen molar-refractivity contribution >= 4 is 179 Å². The van der Waals surface area contributed by atoms with E-state index in [4.69, 9.17) is 17.7 Å². The van der Waals surface area contributed by atoms with E-state index in [2.05, 4.69) is 139 Å². The van der Waals surface area contributed by atoms with Crippen LogP contribution in [-0.2, 0) is 4.79 Å². The highest BCUT2D eigenvalue weighted by molar-refractivity contribution is 7.17. The van der Waals surface area contributed by atoms with E-state index in [1.807, 2.05) is 233 Å². The normalized spacial score (nSPS) is 12.0. The third-order valence-electron chi connectivity index (χ3n) is 22.9. The van der Waals surface area contributed by atoms with Crippen molar-refractivity contribution in [2.75, 3.05) is 59.9 Å². The van der Waals surface area contributed by atoms with E-state index in [1.165, 1.54) is 28.7 Å². The fourth-order valence-corrected chi connectivity index (χ4v) is 17.6. The highest BCUT2D eigenvalue weighted by atomic mass is 32.1. The number of carbonyl (C=O) groups is 2. The van der Waals surface area contributed by atoms with Gasteiger partial charge in [0, 0.05) is 132 Å². The molecule has 0 fully saturated rings. The summed E-state index contributed by atoms with van der Waals surface area (Å²) in [4.78, 5) is 87.0. The van der Waals surface area contributed by atoms with Gasteiger partial charge < -0.3 is 53.0 Å². The van der Waals surface area contributed by atoms with Gasteiger partial charge in [0.2, 0.25) is 0 Å². The maximum Gasteiger partial charge on any atom is 0.346 e. The molecular weight excluding hydrogens is 1670 g/mol. The van der Waals surface area contributed by atoms with E-state index in [0.29, 0.717) is 54.3 Å². The van der Waals surface area contributed by atoms with Crippen molar-refractivity contribution in [3.05, 3.63) is 380 Å². The van der Waals surface area contributed by atoms with Gasteiger partial charge in [-0.25, -0.2) is 24.0 Å². The second-order valence-corrected chi connectivity index (χ2v) is 33.0. The maximum absolute atomic E-state index is 13.1. The number of fused-ring (bicyclic) bond motifs is 4. The number of carboxylic acids is 1. The summed E-state index contributed by atoms with van der Waals surface area (Å²) in [6, 6.07) is 89.7. The molecule has 10 aromatic carbocycles. The van der Waals surface area contributed by atoms with Gasteiger partial charge in [-0.1, -0.05) is 150 Å². The predicted octanol–water partition coefficient (Wildman–Crippen LogP) is 27.0. The average Bonchev–Trinajstić information content (AvgIpc) is 1.65. The molecule has 0 amide bonds. The van der Waals surface area contributed by atoms with Crippen LogP contribution in [0.2, 0.25) is 0 Å². The van der Waals surface area contributed by atoms with Crippen LogP contribution in [0.25, 0.3) is 119 Å². The number of benzene rings is 10. The second kappa shape index (κ2) is 43.1. The minimum atomic E-state index is -1.27. The van der Waals surface area contributed by atoms with Crippen LogP contribution < -0.4 is 52.7 Å². The van der Waals surface area contributed by atoms with E-state index < -0.39 is 17.2 Å². The zero-order valence-electron chi connectivity index (χ0n) is 72.7. The van der Waals surface area contributed by atoms with E-state index in [9.17, 15) is 39.1 Å². The lowest BCUT2D eigenvalue weighted by molar-refractivity contribution is -0.132. The van der Waals surface area contributed by atoms with Gasteiger partial charge in [-0.05, 0) is 287 Å². The van der Waals surface area contributed by atoms with Gasteiger partial charge in [0.25, 0.3) is 0 Å². The molecule has 6 heterocycles. The Morgan fingerprint density at radius 1 is 0.374 bits per heavy atom. The number of nitriles is 1. The van der Waals surface area contributed by atoms with Crippen LogP contribution in [0, 0.1) is 11.3 Å². The van der Waals surface area contributed by atoms with Crippen molar-refractivity contribution < 1.29 is 32.4 Å². The average molecular weight is 1780 g/mol. The number of hydrogen-bond donors (Lipinski definition) is 3. The van der Waals surface area contributed by atoms with Gasteiger partial charge >= 0.3 is 28.5 Å². The molecule has 660 valence electrons. The molecule has 0 aliphatic rings. The standard InChI is InChI=1S/C56H48N4O6S.C53H47N3O5S.2CH4/c1-5-50(58-4)39-16-17-40-30-42(55(63)65-51(40)33-39)14-8-36-10-21-45(22-11-36)60(47-25-18-38(19-26-47)53-29-28-49(67-53)32-44(35-57)54(61)62)46-23-12-37(13-24-46)9-15-43-31-41-20-27-48(59(6-2)7-3)34-52(41)66-56(43)64;1-5-48(54-4)38-16-17-39-30-41(52(58)60-49(39)32-38)14-8-35-10-21-43(22-11-35)56(45-25-18-37(19-26-45)51-29-28-47(34-57)62-51)44-23-12-36(13-24-44)9-15-42-31-40-20-27-46(55(6-2)7-3)33-50(40)61-53(42)59;;/h8-34,50,58H,5-7H2,1-4H3,(H,61,62);8-34,48,54H,5-7H2,1-4H3;2*1H4/b14-8+,15-9+,44-32+;14-8+,15-9+;;. The van der Waals surface area contributed by atoms with Gasteiger partial charge in [0.05, 0.1) is 27.1 Å². The van der Waals surface area contributed by atoms with Gasteiger partial charge in [0.1, 0.15) is 34.0 Å². The zero-order valence-corrected chi connectivity index (χ0v) is 74.3. The Labute approximate surface area is 769 Å². The molecule has 131 heavy (non-hydrogen) atoms. The van der Waals surface area contributed by atoms with Crippen LogP contribution in [0.5, 0.6) is 0 Å². The topological polar surface area (TPSA) is 236 Å². The summed E-state index contributed by atoms with van der Waals surface area (Å²) in [5.41, 5.74) is 17.5. The van der Waals surface area contributed by atoms with Crippen molar-refractivity contribution in [2.45, 2.75) is 81.3 Å². The molecule has 0 saturated heterocycles. The summed E-state index contributed by atoms with van der Waals surface area (Å²) in [5, 5.41) is 28.6. The summed E-state index contributed by atoms with van der Waals surface area (Å²) in [6.45, 7) is 16.1. The van der Waals surface area contributed by atoms with Crippen molar-refractivity contribution in [3.63, 3.8) is 0 Å². The molecule has 18 nitrogen and oxygen atoms in total. The van der Waals surface area contributed by atoms with Crippen LogP contribution in [-0.4, -0.2) is 57.6 Å². The maximum atomic E-state index is 13.1. The van der Waals surface area contributed by atoms with Crippen molar-refractivity contribution in [1.82, 2.24) is 10.6 Å². The number of hydrogen-bond acceptors (Lipinski definition) is 19. The SMILES string of the molecule is C.C.CCC(NC)c1ccc2cc(/C=C/c3ccc(N(c4ccc(/C=C/c5cc6ccc(N(CC)CC)cc6oc5=O)cc4)c4ccc(-c5ccc(/C=C(\C#N)C(=O)O)s5)cc4)cc3)c(=O)oc2c1.CCC(NC)c1ccc2cc(/C=C/c3ccc(N(c4ccc(/C=C/c5cc6ccc(N(CC)CC)cc6oc5=O)cc4)c4ccc(-c5ccc(C=O)s5)cc4)cc3)c(=O)oc2c1. The van der Waals surface area contributed by atoms with E-state index in [-0.39, 0.29) is 43.8 Å². The Balaban J connectivity index is 0.000000220. The van der Waals surface area contributed by atoms with Gasteiger partial charge in [0.15, 0.2) is 6.29 Å². The second-order valence-electron chi connectivity index (χ2n) is 30.8. The fraction of sp³-hybridized carbons (Fsp3) is 0.162. The fourth-order valence-electron chi connectivity index (χ4n) is 15.8. The number of carbonyl (C=O) groups excluding carboxylic acids is 1. The lowest BCUT2D eigenvalue weighted by Crippen LogP contribution is -2.21. The zero-order chi connectivity index (χ0) is 90.2. The number of carboxylic acid groups (broad SMARTS) is 1. The first-order chi connectivity index (χ1) is 62.8. The Morgan fingerprint density at radius 3 is 0.931 bits per heavy atom. The van der Waals surface area contributed by atoms with E-state index in [0.717, 1.165) is 167 Å². The van der Waals surface area contributed by atoms with Crippen LogP contribution in [0.4, 0.5) is 45.5 Å². The third-order valence-corrected chi connectivity index (χ3v) is 25.0. The number of anilines is 8. The molecule has 0 bridgehead atoms. The Morgan fingerprint density at radius 2 is 0.656 bits per heavy atom. The molecule has 0 aliphatic heterocycles. The van der Waals surface area contributed by atoms with E-state index >= 15 is 0 Å². The van der Waals surface area contributed by atoms with Crippen LogP contribution in [0.15, 0.2) is 309 Å². The third kappa shape index (κ3) is 21.8. The number of nitrogens with one attached hydrogen (secondary N) is 2. The van der Waals surface area contributed by atoms with Crippen molar-refractivity contribution in [1.29, 1.82) is 5.26 Å². The first-order valence-electron chi connectivity index (χ1n) is 42.9. The number of nitrogens with zero attached hydrogens (tertiary/aromatic N) is 5. The summed E-state index contributed by atoms with van der Waals surface area (Å²) in [7, 11) is 3.85. The van der Waals surface area contributed by atoms with Crippen LogP contribution >= 0.6 is 22.7 Å². The molecule has 0 saturated carbocycles. The summed E-state index contributed by atoms with van der Waals surface area (Å²) >= 11 is 2.86. The lowest BCUT2D eigenvalue weighted by Gasteiger charge is -2.26. The minimum absolute atomic E-state index is 0. The minimum Gasteiger partial charge on any atom is -0.477 e. The smallest absolute Gasteiger partial charge is 0.346 e. The molecule has 6 aromatic heterocycles. The Bertz CT molecular complexity index is 6890. The quantitative estimate of drug-likeness (QED) is 0.0158. The van der Waals surface area contributed by atoms with Gasteiger partial charge in [-0.3, -0.25) is 4.79 Å². The molecule has 2 unspecified atom stereocenters. The number of thiophene rings is 2. The van der Waals surface area contributed by atoms with Crippen molar-refractivity contribution in [3.8, 4) is 27.0 Å². The lowest BCUT2D eigenvalue weighted by atomic mass is 10.0. The summed E-state index contributed by atoms with van der Waals surface area (Å²) in [5.74, 6) is -1.27. The van der Waals surface area contributed by atoms with Crippen LogP contribution in [0.1, 0.15) is 152 Å². The van der Waals surface area contributed by atoms with Gasteiger partial charge in [-0.2, -0.15) is 5.26 Å². The number of aliphatic carboxylic acids is 1. The van der Waals surface area contributed by atoms with E-state index in [1.54, 1.807) is 36.4 Å².